The van der Waals surface area contributed by atoms with E-state index in [0.29, 0.717) is 12.2 Å². The zero-order chi connectivity index (χ0) is 17.2. The Morgan fingerprint density at radius 3 is 2.52 bits per heavy atom. The van der Waals surface area contributed by atoms with Gasteiger partial charge in [0, 0.05) is 44.4 Å². The molecule has 0 saturated heterocycles. The first kappa shape index (κ1) is 17.7. The Bertz CT molecular complexity index is 619. The van der Waals surface area contributed by atoms with Crippen molar-refractivity contribution in [1.82, 2.24) is 9.47 Å². The molecule has 0 bridgehead atoms. The van der Waals surface area contributed by atoms with E-state index < -0.39 is 0 Å². The van der Waals surface area contributed by atoms with Crippen LogP contribution in [-0.4, -0.2) is 41.2 Å². The van der Waals surface area contributed by atoms with Crippen molar-refractivity contribution in [2.45, 2.75) is 52.2 Å². The van der Waals surface area contributed by atoms with Gasteiger partial charge in [-0.1, -0.05) is 13.8 Å². The van der Waals surface area contributed by atoms with E-state index in [1.807, 2.05) is 18.9 Å². The number of ether oxygens (including phenoxy) is 1. The third kappa shape index (κ3) is 2.94. The summed E-state index contributed by atoms with van der Waals surface area (Å²) in [7, 11) is 3.52. The highest BCUT2D eigenvalue weighted by Crippen LogP contribution is 2.51. The summed E-state index contributed by atoms with van der Waals surface area (Å²) in [6.07, 6.45) is 4.69. The first-order valence-corrected chi connectivity index (χ1v) is 8.46. The average molecular weight is 320 g/mol. The lowest BCUT2D eigenvalue weighted by atomic mass is 9.58. The maximum atomic E-state index is 12.8. The molecule has 5 heteroatoms. The lowest BCUT2D eigenvalue weighted by molar-refractivity contribution is -0.159. The Morgan fingerprint density at radius 2 is 2.00 bits per heavy atom. The van der Waals surface area contributed by atoms with Crippen LogP contribution in [-0.2, 0) is 11.8 Å². The molecule has 0 unspecified atom stereocenters. The van der Waals surface area contributed by atoms with Gasteiger partial charge in [0.05, 0.1) is 11.7 Å². The van der Waals surface area contributed by atoms with Gasteiger partial charge < -0.3 is 14.2 Å². The molecule has 1 aliphatic rings. The summed E-state index contributed by atoms with van der Waals surface area (Å²) in [4.78, 5) is 26.1. The smallest absolute Gasteiger partial charge is 0.255 e. The number of carbonyl (C=O) groups is 1. The number of aromatic nitrogens is 1. The monoisotopic (exact) mass is 320 g/mol. The average Bonchev–Trinajstić information content (AvgIpc) is 2.54. The van der Waals surface area contributed by atoms with Crippen molar-refractivity contribution in [1.29, 1.82) is 0 Å². The molecule has 1 aromatic rings. The van der Waals surface area contributed by atoms with Crippen LogP contribution in [0, 0.1) is 5.41 Å². The van der Waals surface area contributed by atoms with Gasteiger partial charge >= 0.3 is 0 Å². The lowest BCUT2D eigenvalue weighted by Crippen LogP contribution is -2.64. The zero-order valence-electron chi connectivity index (χ0n) is 14.8. The van der Waals surface area contributed by atoms with Crippen molar-refractivity contribution in [2.24, 2.45) is 12.5 Å². The fourth-order valence-corrected chi connectivity index (χ4v) is 3.95. The Labute approximate surface area is 138 Å². The summed E-state index contributed by atoms with van der Waals surface area (Å²) in [5.74, 6) is -0.0353. The molecule has 1 fully saturated rings. The van der Waals surface area contributed by atoms with Gasteiger partial charge in [0.2, 0.25) is 5.56 Å². The highest BCUT2D eigenvalue weighted by molar-refractivity contribution is 5.94. The molecule has 1 amide bonds. The van der Waals surface area contributed by atoms with Crippen LogP contribution in [0.5, 0.6) is 0 Å². The molecule has 2 atom stereocenters. The van der Waals surface area contributed by atoms with Crippen LogP contribution < -0.4 is 5.56 Å². The molecule has 5 nitrogen and oxygen atoms in total. The second-order valence-electron chi connectivity index (χ2n) is 6.42. The minimum atomic E-state index is -0.110. The summed E-state index contributed by atoms with van der Waals surface area (Å²) in [5.41, 5.74) is 0.470. The van der Waals surface area contributed by atoms with Crippen LogP contribution in [0.1, 0.15) is 50.4 Å². The van der Waals surface area contributed by atoms with Crippen molar-refractivity contribution in [2.75, 3.05) is 13.7 Å². The second kappa shape index (κ2) is 6.87. The molecule has 23 heavy (non-hydrogen) atoms. The van der Waals surface area contributed by atoms with Crippen molar-refractivity contribution in [3.8, 4) is 0 Å². The largest absolute Gasteiger partial charge is 0.378 e. The maximum absolute atomic E-state index is 12.8. The highest BCUT2D eigenvalue weighted by atomic mass is 16.5. The summed E-state index contributed by atoms with van der Waals surface area (Å²) in [6, 6.07) is 3.23. The standard InChI is InChI=1S/C18H28N2O3/c1-6-18(7-2)14(11-15(18)23-8-3)20(5)17(22)13-9-10-16(21)19(4)12-13/h9-10,12,14-15H,6-8,11H2,1-5H3/t14-,15+/m0/s1. The van der Waals surface area contributed by atoms with E-state index in [2.05, 4.69) is 13.8 Å². The number of amides is 1. The van der Waals surface area contributed by atoms with Gasteiger partial charge in [0.25, 0.3) is 5.91 Å². The first-order chi connectivity index (χ1) is 10.9. The minimum Gasteiger partial charge on any atom is -0.378 e. The third-order valence-corrected chi connectivity index (χ3v) is 5.55. The molecule has 1 aromatic heterocycles. The zero-order valence-corrected chi connectivity index (χ0v) is 14.8. The fraction of sp³-hybridized carbons (Fsp3) is 0.667. The quantitative estimate of drug-likeness (QED) is 0.809. The molecule has 0 aliphatic heterocycles. The van der Waals surface area contributed by atoms with Gasteiger partial charge in [-0.05, 0) is 32.3 Å². The topological polar surface area (TPSA) is 51.5 Å². The normalized spacial score (nSPS) is 22.5. The number of nitrogens with zero attached hydrogens (tertiary/aromatic N) is 2. The molecule has 0 N–H and O–H groups in total. The van der Waals surface area contributed by atoms with E-state index in [9.17, 15) is 9.59 Å². The van der Waals surface area contributed by atoms with Crippen LogP contribution in [0.4, 0.5) is 0 Å². The number of pyridine rings is 1. The van der Waals surface area contributed by atoms with Crippen LogP contribution in [0.2, 0.25) is 0 Å². The lowest BCUT2D eigenvalue weighted by Gasteiger charge is -2.58. The van der Waals surface area contributed by atoms with E-state index >= 15 is 0 Å². The molecular formula is C18H28N2O3. The van der Waals surface area contributed by atoms with Gasteiger partial charge in [-0.2, -0.15) is 0 Å². The van der Waals surface area contributed by atoms with E-state index in [1.54, 1.807) is 19.3 Å². The van der Waals surface area contributed by atoms with E-state index in [4.69, 9.17) is 4.74 Å². The predicted octanol–water partition coefficient (Wildman–Crippen LogP) is 2.44. The fourth-order valence-electron chi connectivity index (χ4n) is 3.95. The molecule has 2 rings (SSSR count). The summed E-state index contributed by atoms with van der Waals surface area (Å²) in [5, 5.41) is 0. The highest BCUT2D eigenvalue weighted by Gasteiger charge is 2.55. The van der Waals surface area contributed by atoms with E-state index in [0.717, 1.165) is 19.3 Å². The van der Waals surface area contributed by atoms with Crippen LogP contribution in [0.25, 0.3) is 0 Å². The number of carbonyl (C=O) groups excluding carboxylic acids is 1. The first-order valence-electron chi connectivity index (χ1n) is 8.46. The Morgan fingerprint density at radius 1 is 1.35 bits per heavy atom. The Balaban J connectivity index is 2.22. The number of hydrogen-bond donors (Lipinski definition) is 0. The van der Waals surface area contributed by atoms with Crippen LogP contribution in [0.3, 0.4) is 0 Å². The number of hydrogen-bond acceptors (Lipinski definition) is 3. The molecule has 0 radical (unpaired) electrons. The van der Waals surface area contributed by atoms with Crippen LogP contribution >= 0.6 is 0 Å². The number of aryl methyl sites for hydroxylation is 1. The maximum Gasteiger partial charge on any atom is 0.255 e. The van der Waals surface area contributed by atoms with Gasteiger partial charge in [-0.15, -0.1) is 0 Å². The summed E-state index contributed by atoms with van der Waals surface area (Å²) in [6.45, 7) is 7.07. The van der Waals surface area contributed by atoms with Crippen LogP contribution in [0.15, 0.2) is 23.1 Å². The van der Waals surface area contributed by atoms with Crippen molar-refractivity contribution in [3.05, 3.63) is 34.2 Å². The summed E-state index contributed by atoms with van der Waals surface area (Å²) < 4.78 is 7.34. The molecule has 0 aromatic carbocycles. The molecule has 1 aliphatic carbocycles. The van der Waals surface area contributed by atoms with Crippen molar-refractivity contribution < 1.29 is 9.53 Å². The van der Waals surface area contributed by atoms with Gasteiger partial charge in [-0.3, -0.25) is 9.59 Å². The predicted molar refractivity (Wildman–Crippen MR) is 90.6 cm³/mol. The van der Waals surface area contributed by atoms with Crippen molar-refractivity contribution in [3.63, 3.8) is 0 Å². The Kier molecular flexibility index (Phi) is 5.30. The van der Waals surface area contributed by atoms with E-state index in [1.165, 1.54) is 10.6 Å². The molecule has 0 spiro atoms. The molecule has 1 heterocycles. The Hall–Kier alpha value is -1.62. The van der Waals surface area contributed by atoms with Gasteiger partial charge in [0.1, 0.15) is 0 Å². The van der Waals surface area contributed by atoms with Crippen molar-refractivity contribution >= 4 is 5.91 Å². The van der Waals surface area contributed by atoms with Gasteiger partial charge in [-0.25, -0.2) is 0 Å². The second-order valence-corrected chi connectivity index (χ2v) is 6.42. The molecule has 128 valence electrons. The SMILES string of the molecule is CCO[C@@H]1C[C@H](N(C)C(=O)c2ccc(=O)n(C)c2)C1(CC)CC. The number of rotatable bonds is 6. The van der Waals surface area contributed by atoms with Gasteiger partial charge in [0.15, 0.2) is 0 Å². The summed E-state index contributed by atoms with van der Waals surface area (Å²) >= 11 is 0. The van der Waals surface area contributed by atoms with E-state index in [-0.39, 0.29) is 29.0 Å². The minimum absolute atomic E-state index is 0.0289. The molecule has 1 saturated carbocycles. The molecular weight excluding hydrogens is 292 g/mol. The third-order valence-electron chi connectivity index (χ3n) is 5.55.